The van der Waals surface area contributed by atoms with E-state index in [0.29, 0.717) is 22.8 Å². The quantitative estimate of drug-likeness (QED) is 0.525. The average Bonchev–Trinajstić information content (AvgIpc) is 3.24. The number of sulfonamides is 1. The molecule has 0 spiro atoms. The van der Waals surface area contributed by atoms with Crippen molar-refractivity contribution in [1.82, 2.24) is 14.7 Å². The minimum absolute atomic E-state index is 0.0223. The number of aromatic nitrogens is 3. The highest BCUT2D eigenvalue weighted by Crippen LogP contribution is 2.22. The zero-order valence-corrected chi connectivity index (χ0v) is 15.8. The van der Waals surface area contributed by atoms with E-state index in [1.165, 1.54) is 34.9 Å². The topological polar surface area (TPSA) is 144 Å². The number of hydrogen-bond acceptors (Lipinski definition) is 8. The van der Waals surface area contributed by atoms with E-state index in [9.17, 15) is 13.2 Å². The fourth-order valence-corrected chi connectivity index (χ4v) is 3.84. The Kier molecular flexibility index (Phi) is 4.40. The van der Waals surface area contributed by atoms with E-state index in [1.54, 1.807) is 19.1 Å². The van der Waals surface area contributed by atoms with Crippen molar-refractivity contribution in [2.75, 3.05) is 4.72 Å². The summed E-state index contributed by atoms with van der Waals surface area (Å²) in [7, 11) is -3.96. The van der Waals surface area contributed by atoms with Crippen LogP contribution < -0.4 is 10.5 Å². The van der Waals surface area contributed by atoms with Gasteiger partial charge in [-0.1, -0.05) is 11.2 Å². The predicted molar refractivity (Wildman–Crippen MR) is 101 cm³/mol. The van der Waals surface area contributed by atoms with Crippen molar-refractivity contribution in [3.63, 3.8) is 0 Å². The summed E-state index contributed by atoms with van der Waals surface area (Å²) in [5.41, 5.74) is 1.06. The maximum absolute atomic E-state index is 12.7. The molecule has 2 aromatic carbocycles. The summed E-state index contributed by atoms with van der Waals surface area (Å²) in [6.45, 7) is 1.65. The van der Waals surface area contributed by atoms with Crippen LogP contribution in [-0.2, 0) is 16.6 Å². The summed E-state index contributed by atoms with van der Waals surface area (Å²) in [6.07, 6.45) is 0. The monoisotopic (exact) mass is 411 g/mol. The average molecular weight is 411 g/mol. The van der Waals surface area contributed by atoms with Crippen LogP contribution in [-0.4, -0.2) is 23.1 Å². The van der Waals surface area contributed by atoms with E-state index in [-0.39, 0.29) is 22.7 Å². The van der Waals surface area contributed by atoms with Crippen molar-refractivity contribution >= 4 is 26.8 Å². The Balaban J connectivity index is 1.68. The number of hydrogen-bond donors (Lipinski definition) is 1. The van der Waals surface area contributed by atoms with Crippen LogP contribution >= 0.6 is 0 Å². The van der Waals surface area contributed by atoms with Crippen molar-refractivity contribution in [2.45, 2.75) is 18.4 Å². The maximum Gasteiger partial charge on any atom is 0.420 e. The van der Waals surface area contributed by atoms with Gasteiger partial charge >= 0.3 is 5.76 Å². The molecule has 2 aromatic heterocycles. The molecule has 0 aliphatic rings. The molecule has 2 heterocycles. The van der Waals surface area contributed by atoms with Crippen LogP contribution in [0.25, 0.3) is 11.1 Å². The van der Waals surface area contributed by atoms with Crippen molar-refractivity contribution in [3.05, 3.63) is 70.3 Å². The van der Waals surface area contributed by atoms with Crippen LogP contribution in [0.1, 0.15) is 17.3 Å². The van der Waals surface area contributed by atoms with E-state index in [1.807, 2.05) is 6.07 Å². The van der Waals surface area contributed by atoms with E-state index in [4.69, 9.17) is 14.2 Å². The fourth-order valence-electron chi connectivity index (χ4n) is 2.78. The molecule has 0 fully saturated rings. The van der Waals surface area contributed by atoms with Gasteiger partial charge < -0.3 is 8.94 Å². The summed E-state index contributed by atoms with van der Waals surface area (Å²) < 4.78 is 39.1. The Hall–Kier alpha value is -3.91. The second-order valence-corrected chi connectivity index (χ2v) is 7.79. The van der Waals surface area contributed by atoms with E-state index >= 15 is 0 Å². The summed E-state index contributed by atoms with van der Waals surface area (Å²) in [5.74, 6) is -0.0181. The number of aryl methyl sites for hydroxylation is 1. The van der Waals surface area contributed by atoms with Crippen molar-refractivity contribution in [3.8, 4) is 6.07 Å². The molecule has 11 heteroatoms. The SMILES string of the molecule is Cc1nc(Cn2c(=O)oc3cc(S(=O)(=O)Nc4cccc(C#N)c4)ccc32)no1. The molecule has 0 saturated heterocycles. The largest absolute Gasteiger partial charge is 0.420 e. The van der Waals surface area contributed by atoms with Gasteiger partial charge in [-0.3, -0.25) is 9.29 Å². The van der Waals surface area contributed by atoms with E-state index in [0.717, 1.165) is 0 Å². The van der Waals surface area contributed by atoms with Crippen LogP contribution in [0.4, 0.5) is 5.69 Å². The lowest BCUT2D eigenvalue weighted by molar-refractivity contribution is 0.385. The molecule has 146 valence electrons. The molecule has 4 aromatic rings. The van der Waals surface area contributed by atoms with E-state index in [2.05, 4.69) is 14.9 Å². The molecule has 10 nitrogen and oxygen atoms in total. The number of nitrogens with one attached hydrogen (secondary N) is 1. The van der Waals surface area contributed by atoms with Gasteiger partial charge in [-0.2, -0.15) is 10.2 Å². The van der Waals surface area contributed by atoms with Gasteiger partial charge in [0.05, 0.1) is 34.3 Å². The lowest BCUT2D eigenvalue weighted by Gasteiger charge is -2.08. The first-order chi connectivity index (χ1) is 13.9. The van der Waals surface area contributed by atoms with Gasteiger partial charge in [-0.05, 0) is 30.3 Å². The van der Waals surface area contributed by atoms with Crippen LogP contribution in [0, 0.1) is 18.3 Å². The molecular formula is C18H13N5O5S. The van der Waals surface area contributed by atoms with Crippen LogP contribution in [0.2, 0.25) is 0 Å². The fraction of sp³-hybridized carbons (Fsp3) is 0.111. The number of anilines is 1. The van der Waals surface area contributed by atoms with Crippen LogP contribution in [0.15, 0.2) is 61.1 Å². The molecule has 0 bridgehead atoms. The minimum atomic E-state index is -3.96. The van der Waals surface area contributed by atoms with Gasteiger partial charge in [0.15, 0.2) is 11.4 Å². The van der Waals surface area contributed by atoms with Gasteiger partial charge in [-0.15, -0.1) is 0 Å². The molecule has 0 atom stereocenters. The number of benzene rings is 2. The molecule has 0 unspecified atom stereocenters. The number of rotatable bonds is 5. The third kappa shape index (κ3) is 3.61. The molecule has 29 heavy (non-hydrogen) atoms. The third-order valence-corrected chi connectivity index (χ3v) is 5.44. The zero-order valence-electron chi connectivity index (χ0n) is 15.0. The van der Waals surface area contributed by atoms with Crippen molar-refractivity contribution in [2.24, 2.45) is 0 Å². The Morgan fingerprint density at radius 2 is 2.07 bits per heavy atom. The van der Waals surface area contributed by atoms with Crippen molar-refractivity contribution < 1.29 is 17.4 Å². The summed E-state index contributed by atoms with van der Waals surface area (Å²) in [4.78, 5) is 16.1. The highest BCUT2D eigenvalue weighted by molar-refractivity contribution is 7.92. The summed E-state index contributed by atoms with van der Waals surface area (Å²) in [5, 5.41) is 12.7. The lowest BCUT2D eigenvalue weighted by Crippen LogP contribution is -2.15. The van der Waals surface area contributed by atoms with Crippen LogP contribution in [0.5, 0.6) is 0 Å². The van der Waals surface area contributed by atoms with Crippen molar-refractivity contribution in [1.29, 1.82) is 5.26 Å². The Morgan fingerprint density at radius 3 is 2.79 bits per heavy atom. The number of fused-ring (bicyclic) bond motifs is 1. The van der Waals surface area contributed by atoms with Gasteiger partial charge in [0, 0.05) is 13.0 Å². The molecule has 4 rings (SSSR count). The smallest absolute Gasteiger partial charge is 0.408 e. The highest BCUT2D eigenvalue weighted by Gasteiger charge is 2.19. The molecule has 0 radical (unpaired) electrons. The zero-order chi connectivity index (χ0) is 20.6. The molecule has 0 aliphatic carbocycles. The first-order valence-electron chi connectivity index (χ1n) is 8.31. The molecule has 0 amide bonds. The minimum Gasteiger partial charge on any atom is -0.408 e. The number of oxazole rings is 1. The predicted octanol–water partition coefficient (Wildman–Crippen LogP) is 2.01. The Labute approximate surface area is 164 Å². The normalized spacial score (nSPS) is 11.4. The number of nitriles is 1. The highest BCUT2D eigenvalue weighted by atomic mass is 32.2. The molecule has 0 aliphatic heterocycles. The van der Waals surface area contributed by atoms with Gasteiger partial charge in [0.25, 0.3) is 10.0 Å². The number of nitrogens with zero attached hydrogens (tertiary/aromatic N) is 4. The third-order valence-electron chi connectivity index (χ3n) is 4.06. The van der Waals surface area contributed by atoms with Crippen LogP contribution in [0.3, 0.4) is 0 Å². The van der Waals surface area contributed by atoms with E-state index < -0.39 is 15.8 Å². The maximum atomic E-state index is 12.7. The standard InChI is InChI=1S/C18H13N5O5S/c1-11-20-17(21-28-11)10-23-15-6-5-14(8-16(15)27-18(23)24)29(25,26)22-13-4-2-3-12(7-13)9-19/h2-8,22H,10H2,1H3. The first-order valence-corrected chi connectivity index (χ1v) is 9.79. The van der Waals surface area contributed by atoms with Gasteiger partial charge in [0.2, 0.25) is 5.89 Å². The first kappa shape index (κ1) is 18.5. The molecule has 1 N–H and O–H groups in total. The summed E-state index contributed by atoms with van der Waals surface area (Å²) >= 11 is 0. The molecule has 0 saturated carbocycles. The molecular weight excluding hydrogens is 398 g/mol. The summed E-state index contributed by atoms with van der Waals surface area (Å²) in [6, 6.07) is 12.1. The Bertz CT molecular complexity index is 1420. The second-order valence-electron chi connectivity index (χ2n) is 6.11. The Morgan fingerprint density at radius 1 is 1.24 bits per heavy atom. The lowest BCUT2D eigenvalue weighted by atomic mass is 10.2. The second kappa shape index (κ2) is 6.92. The van der Waals surface area contributed by atoms with Gasteiger partial charge in [0.1, 0.15) is 0 Å². The van der Waals surface area contributed by atoms with Gasteiger partial charge in [-0.25, -0.2) is 13.2 Å².